The van der Waals surface area contributed by atoms with E-state index in [0.29, 0.717) is 35.1 Å². The summed E-state index contributed by atoms with van der Waals surface area (Å²) in [5, 5.41) is 2.78. The van der Waals surface area contributed by atoms with Crippen molar-refractivity contribution in [2.24, 2.45) is 5.92 Å². The average molecular weight is 380 g/mol. The minimum atomic E-state index is -3.54. The van der Waals surface area contributed by atoms with E-state index in [2.05, 4.69) is 10.3 Å². The molecule has 3 heterocycles. The maximum absolute atomic E-state index is 12.7. The van der Waals surface area contributed by atoms with Gasteiger partial charge in [0, 0.05) is 18.0 Å². The molecule has 1 aliphatic heterocycles. The summed E-state index contributed by atoms with van der Waals surface area (Å²) in [4.78, 5) is 17.4. The number of thiophene rings is 1. The van der Waals surface area contributed by atoms with Crippen LogP contribution in [0.3, 0.4) is 0 Å². The normalized spacial score (nSPS) is 18.8. The molecule has 1 aliphatic rings. The van der Waals surface area contributed by atoms with Crippen LogP contribution in [0.2, 0.25) is 0 Å². The van der Waals surface area contributed by atoms with Gasteiger partial charge in [0.25, 0.3) is 10.0 Å². The van der Waals surface area contributed by atoms with Crippen LogP contribution in [0.1, 0.15) is 17.7 Å². The van der Waals surface area contributed by atoms with Crippen molar-refractivity contribution in [1.82, 2.24) is 9.29 Å². The Balaban J connectivity index is 1.70. The Morgan fingerprint density at radius 3 is 2.80 bits per heavy atom. The van der Waals surface area contributed by atoms with Gasteiger partial charge < -0.3 is 11.1 Å². The number of piperidine rings is 1. The standard InChI is InChI=1S/C16H20N4O3S2/c1-11-4-7-15(24-11)25(22,23)20-8-2-3-12(10-20)16(21)19-13-5-6-14(17)18-9-13/h4-7,9,12H,2-3,8,10H2,1H3,(H2,17,18)(H,19,21). The number of pyridine rings is 1. The highest BCUT2D eigenvalue weighted by Crippen LogP contribution is 2.28. The second-order valence-electron chi connectivity index (χ2n) is 6.03. The average Bonchev–Trinajstić information content (AvgIpc) is 3.04. The van der Waals surface area contributed by atoms with Gasteiger partial charge in [0.1, 0.15) is 10.0 Å². The zero-order valence-electron chi connectivity index (χ0n) is 13.8. The first-order valence-electron chi connectivity index (χ1n) is 7.95. The molecule has 0 bridgehead atoms. The molecule has 9 heteroatoms. The van der Waals surface area contributed by atoms with E-state index in [9.17, 15) is 13.2 Å². The summed E-state index contributed by atoms with van der Waals surface area (Å²) >= 11 is 1.25. The smallest absolute Gasteiger partial charge is 0.252 e. The first-order chi connectivity index (χ1) is 11.9. The Morgan fingerprint density at radius 1 is 1.36 bits per heavy atom. The molecular formula is C16H20N4O3S2. The molecule has 0 radical (unpaired) electrons. The molecule has 3 N–H and O–H groups in total. The molecule has 0 aromatic carbocycles. The van der Waals surface area contributed by atoms with Crippen molar-refractivity contribution < 1.29 is 13.2 Å². The lowest BCUT2D eigenvalue weighted by Crippen LogP contribution is -2.43. The fraction of sp³-hybridized carbons (Fsp3) is 0.375. The number of anilines is 2. The van der Waals surface area contributed by atoms with Gasteiger partial charge in [-0.2, -0.15) is 4.31 Å². The molecule has 2 aromatic heterocycles. The summed E-state index contributed by atoms with van der Waals surface area (Å²) in [6.07, 6.45) is 2.80. The molecule has 134 valence electrons. The van der Waals surface area contributed by atoms with Gasteiger partial charge >= 0.3 is 0 Å². The van der Waals surface area contributed by atoms with Gasteiger partial charge in [0.15, 0.2) is 0 Å². The van der Waals surface area contributed by atoms with Crippen molar-refractivity contribution in [3.8, 4) is 0 Å². The molecule has 1 amide bonds. The van der Waals surface area contributed by atoms with Crippen molar-refractivity contribution in [3.63, 3.8) is 0 Å². The Bertz CT molecular complexity index is 862. The van der Waals surface area contributed by atoms with Gasteiger partial charge in [0.05, 0.1) is 17.8 Å². The number of aromatic nitrogens is 1. The molecule has 1 saturated heterocycles. The lowest BCUT2D eigenvalue weighted by Gasteiger charge is -2.30. The largest absolute Gasteiger partial charge is 0.384 e. The van der Waals surface area contributed by atoms with E-state index in [1.807, 2.05) is 6.92 Å². The molecule has 7 nitrogen and oxygen atoms in total. The van der Waals surface area contributed by atoms with E-state index < -0.39 is 10.0 Å². The molecule has 1 fully saturated rings. The lowest BCUT2D eigenvalue weighted by molar-refractivity contribution is -0.120. The SMILES string of the molecule is Cc1ccc(S(=O)(=O)N2CCCC(C(=O)Nc3ccc(N)nc3)C2)s1. The monoisotopic (exact) mass is 380 g/mol. The summed E-state index contributed by atoms with van der Waals surface area (Å²) < 4.78 is 27.2. The van der Waals surface area contributed by atoms with Crippen molar-refractivity contribution in [2.75, 3.05) is 24.1 Å². The van der Waals surface area contributed by atoms with Crippen molar-refractivity contribution in [2.45, 2.75) is 24.0 Å². The van der Waals surface area contributed by atoms with Crippen molar-refractivity contribution >= 4 is 38.8 Å². The maximum Gasteiger partial charge on any atom is 0.252 e. The second-order valence-corrected chi connectivity index (χ2v) is 9.48. The van der Waals surface area contributed by atoms with Crippen LogP contribution in [0.5, 0.6) is 0 Å². The Labute approximate surface area is 150 Å². The van der Waals surface area contributed by atoms with Crippen LogP contribution in [-0.4, -0.2) is 36.7 Å². The number of carbonyl (C=O) groups is 1. The predicted molar refractivity (Wildman–Crippen MR) is 97.8 cm³/mol. The first-order valence-corrected chi connectivity index (χ1v) is 10.2. The molecule has 3 rings (SSSR count). The number of nitrogens with zero attached hydrogens (tertiary/aromatic N) is 2. The van der Waals surface area contributed by atoms with Crippen LogP contribution < -0.4 is 11.1 Å². The highest BCUT2D eigenvalue weighted by Gasteiger charge is 2.34. The Kier molecular flexibility index (Phi) is 5.07. The van der Waals surface area contributed by atoms with Gasteiger partial charge in [-0.05, 0) is 44.0 Å². The first kappa shape index (κ1) is 17.8. The number of aryl methyl sites for hydroxylation is 1. The van der Waals surface area contributed by atoms with Crippen molar-refractivity contribution in [1.29, 1.82) is 0 Å². The number of nitrogens with two attached hydrogens (primary N) is 1. The van der Waals surface area contributed by atoms with E-state index in [-0.39, 0.29) is 18.4 Å². The van der Waals surface area contributed by atoms with Gasteiger partial charge in [-0.1, -0.05) is 0 Å². The zero-order valence-corrected chi connectivity index (χ0v) is 15.4. The van der Waals surface area contributed by atoms with Gasteiger partial charge in [-0.25, -0.2) is 13.4 Å². The van der Waals surface area contributed by atoms with Crippen LogP contribution in [0.4, 0.5) is 11.5 Å². The number of hydrogen-bond donors (Lipinski definition) is 2. The topological polar surface area (TPSA) is 105 Å². The molecular weight excluding hydrogens is 360 g/mol. The van der Waals surface area contributed by atoms with E-state index in [0.717, 1.165) is 4.88 Å². The molecule has 1 atom stereocenters. The quantitative estimate of drug-likeness (QED) is 0.845. The molecule has 25 heavy (non-hydrogen) atoms. The summed E-state index contributed by atoms with van der Waals surface area (Å²) in [5.41, 5.74) is 6.08. The van der Waals surface area contributed by atoms with Crippen LogP contribution in [0, 0.1) is 12.8 Å². The minimum Gasteiger partial charge on any atom is -0.384 e. The Hall–Kier alpha value is -1.97. The molecule has 0 saturated carbocycles. The summed E-state index contributed by atoms with van der Waals surface area (Å²) in [6.45, 7) is 2.50. The number of amides is 1. The van der Waals surface area contributed by atoms with E-state index in [1.165, 1.54) is 21.8 Å². The lowest BCUT2D eigenvalue weighted by atomic mass is 9.99. The molecule has 2 aromatic rings. The number of carbonyl (C=O) groups excluding carboxylic acids is 1. The summed E-state index contributed by atoms with van der Waals surface area (Å²) in [5.74, 6) is -0.213. The molecule has 0 aliphatic carbocycles. The van der Waals surface area contributed by atoms with Crippen LogP contribution in [0.15, 0.2) is 34.7 Å². The molecule has 1 unspecified atom stereocenters. The third-order valence-electron chi connectivity index (χ3n) is 4.12. The summed E-state index contributed by atoms with van der Waals surface area (Å²) in [7, 11) is -3.54. The molecule has 0 spiro atoms. The van der Waals surface area contributed by atoms with Gasteiger partial charge in [0.2, 0.25) is 5.91 Å². The van der Waals surface area contributed by atoms with Crippen molar-refractivity contribution in [3.05, 3.63) is 35.3 Å². The third-order valence-corrected chi connectivity index (χ3v) is 7.45. The van der Waals surface area contributed by atoms with Gasteiger partial charge in [-0.15, -0.1) is 11.3 Å². The second kappa shape index (κ2) is 7.11. The number of hydrogen-bond acceptors (Lipinski definition) is 6. The van der Waals surface area contributed by atoms with Gasteiger partial charge in [-0.3, -0.25) is 4.79 Å². The van der Waals surface area contributed by atoms with Crippen LogP contribution >= 0.6 is 11.3 Å². The fourth-order valence-corrected chi connectivity index (χ4v) is 5.74. The van der Waals surface area contributed by atoms with Crippen LogP contribution in [-0.2, 0) is 14.8 Å². The number of sulfonamides is 1. The van der Waals surface area contributed by atoms with Crippen LogP contribution in [0.25, 0.3) is 0 Å². The predicted octanol–water partition coefficient (Wildman–Crippen LogP) is 2.07. The van der Waals surface area contributed by atoms with E-state index in [1.54, 1.807) is 24.3 Å². The third kappa shape index (κ3) is 4.00. The van der Waals surface area contributed by atoms with E-state index >= 15 is 0 Å². The minimum absolute atomic E-state index is 0.188. The summed E-state index contributed by atoms with van der Waals surface area (Å²) in [6, 6.07) is 6.69. The number of nitrogens with one attached hydrogen (secondary N) is 1. The maximum atomic E-state index is 12.7. The van der Waals surface area contributed by atoms with E-state index in [4.69, 9.17) is 5.73 Å². The number of rotatable bonds is 4. The number of nitrogen functional groups attached to an aromatic ring is 1. The fourth-order valence-electron chi connectivity index (χ4n) is 2.78. The highest BCUT2D eigenvalue weighted by molar-refractivity contribution is 7.91. The Morgan fingerprint density at radius 2 is 2.16 bits per heavy atom. The highest BCUT2D eigenvalue weighted by atomic mass is 32.2. The zero-order chi connectivity index (χ0) is 18.0.